The lowest BCUT2D eigenvalue weighted by atomic mass is 10.4. The fourth-order valence-corrected chi connectivity index (χ4v) is 2.75. The fraction of sp³-hybridized carbons (Fsp3) is 0.500. The van der Waals surface area contributed by atoms with E-state index in [-0.39, 0.29) is 4.90 Å². The van der Waals surface area contributed by atoms with Crippen molar-refractivity contribution in [2.75, 3.05) is 26.2 Å². The number of rotatable bonds is 7. The zero-order valence-electron chi connectivity index (χ0n) is 10.7. The van der Waals surface area contributed by atoms with Crippen molar-refractivity contribution in [1.29, 1.82) is 0 Å². The molecule has 102 valence electrons. The summed E-state index contributed by atoms with van der Waals surface area (Å²) < 4.78 is 39.2. The van der Waals surface area contributed by atoms with Crippen molar-refractivity contribution in [2.45, 2.75) is 18.7 Å². The first-order chi connectivity index (χ1) is 8.49. The minimum absolute atomic E-state index is 0.0305. The second-order valence-electron chi connectivity index (χ2n) is 4.06. The van der Waals surface area contributed by atoms with Gasteiger partial charge in [0.15, 0.2) is 0 Å². The quantitative estimate of drug-likeness (QED) is 0.737. The minimum Gasteiger partial charge on any atom is -0.334 e. The molecule has 0 saturated carbocycles. The van der Waals surface area contributed by atoms with Crippen LogP contribution in [0.5, 0.6) is 0 Å². The Kier molecular flexibility index (Phi) is 5.71. The molecule has 0 spiro atoms. The Labute approximate surface area is 108 Å². The Morgan fingerprint density at radius 1 is 1.28 bits per heavy atom. The van der Waals surface area contributed by atoms with Gasteiger partial charge in [-0.05, 0) is 32.0 Å². The Bertz CT molecular complexity index is 473. The number of benzene rings is 1. The van der Waals surface area contributed by atoms with Crippen molar-refractivity contribution in [3.05, 3.63) is 30.1 Å². The molecule has 0 atom stereocenters. The van der Waals surface area contributed by atoms with E-state index in [9.17, 15) is 12.8 Å². The third-order valence-electron chi connectivity index (χ3n) is 2.88. The molecule has 1 aromatic rings. The molecule has 0 aliphatic heterocycles. The molecule has 0 amide bonds. The van der Waals surface area contributed by atoms with Gasteiger partial charge in [0, 0.05) is 0 Å². The average Bonchev–Trinajstić information content (AvgIpc) is 2.34. The molecule has 4 nitrogen and oxygen atoms in total. The smallest absolute Gasteiger partial charge is 0.240 e. The number of quaternary nitrogens is 1. The number of hydrogen-bond acceptors (Lipinski definition) is 2. The first kappa shape index (κ1) is 15.1. The van der Waals surface area contributed by atoms with Crippen molar-refractivity contribution in [3.63, 3.8) is 0 Å². The second kappa shape index (κ2) is 6.82. The molecule has 18 heavy (non-hydrogen) atoms. The SMILES string of the molecule is CC[NH+](CC)CCNS(=O)(=O)c1cccc(F)c1. The van der Waals surface area contributed by atoms with Crippen molar-refractivity contribution < 1.29 is 17.7 Å². The van der Waals surface area contributed by atoms with E-state index in [4.69, 9.17) is 0 Å². The topological polar surface area (TPSA) is 50.6 Å². The van der Waals surface area contributed by atoms with Gasteiger partial charge in [0.25, 0.3) is 0 Å². The van der Waals surface area contributed by atoms with Gasteiger partial charge in [-0.3, -0.25) is 0 Å². The molecule has 2 N–H and O–H groups in total. The van der Waals surface area contributed by atoms with Gasteiger partial charge < -0.3 is 4.90 Å². The van der Waals surface area contributed by atoms with Gasteiger partial charge in [-0.2, -0.15) is 0 Å². The summed E-state index contributed by atoms with van der Waals surface area (Å²) in [5.74, 6) is -0.549. The van der Waals surface area contributed by atoms with Gasteiger partial charge in [-0.1, -0.05) is 6.07 Å². The molecule has 0 aromatic heterocycles. The van der Waals surface area contributed by atoms with Crippen LogP contribution in [0.4, 0.5) is 4.39 Å². The molecule has 0 radical (unpaired) electrons. The Balaban J connectivity index is 2.60. The number of hydrogen-bond donors (Lipinski definition) is 2. The van der Waals surface area contributed by atoms with Gasteiger partial charge in [0.1, 0.15) is 5.82 Å². The molecule has 1 rings (SSSR count). The molecule has 1 aromatic carbocycles. The van der Waals surface area contributed by atoms with Crippen LogP contribution in [0.25, 0.3) is 0 Å². The normalized spacial score (nSPS) is 12.0. The van der Waals surface area contributed by atoms with Crippen molar-refractivity contribution in [2.24, 2.45) is 0 Å². The summed E-state index contributed by atoms with van der Waals surface area (Å²) in [6.45, 7) is 7.10. The molecule has 0 bridgehead atoms. The lowest BCUT2D eigenvalue weighted by molar-refractivity contribution is -0.895. The highest BCUT2D eigenvalue weighted by atomic mass is 32.2. The van der Waals surface area contributed by atoms with Gasteiger partial charge in [-0.15, -0.1) is 0 Å². The highest BCUT2D eigenvalue weighted by Crippen LogP contribution is 2.09. The van der Waals surface area contributed by atoms with E-state index < -0.39 is 15.8 Å². The first-order valence-electron chi connectivity index (χ1n) is 6.08. The number of likely N-dealkylation sites (N-methyl/N-ethyl adjacent to an activating group) is 1. The molecule has 0 heterocycles. The van der Waals surface area contributed by atoms with Crippen LogP contribution in [0.15, 0.2) is 29.2 Å². The lowest BCUT2D eigenvalue weighted by Gasteiger charge is -2.15. The second-order valence-corrected chi connectivity index (χ2v) is 5.83. The zero-order chi connectivity index (χ0) is 13.6. The zero-order valence-corrected chi connectivity index (χ0v) is 11.6. The summed E-state index contributed by atoms with van der Waals surface area (Å²) in [6.07, 6.45) is 0. The van der Waals surface area contributed by atoms with Crippen LogP contribution in [0.2, 0.25) is 0 Å². The van der Waals surface area contributed by atoms with Crippen molar-refractivity contribution in [3.8, 4) is 0 Å². The van der Waals surface area contributed by atoms with Gasteiger partial charge in [-0.25, -0.2) is 17.5 Å². The molecule has 0 saturated heterocycles. The Morgan fingerprint density at radius 3 is 2.50 bits per heavy atom. The van der Waals surface area contributed by atoms with Crippen molar-refractivity contribution >= 4 is 10.0 Å². The molecule has 0 aliphatic rings. The summed E-state index contributed by atoms with van der Waals surface area (Å²) in [5.41, 5.74) is 0. The maximum absolute atomic E-state index is 13.0. The molecular weight excluding hydrogens is 255 g/mol. The number of sulfonamides is 1. The third-order valence-corrected chi connectivity index (χ3v) is 4.34. The first-order valence-corrected chi connectivity index (χ1v) is 7.56. The van der Waals surface area contributed by atoms with Crippen LogP contribution >= 0.6 is 0 Å². The molecule has 0 unspecified atom stereocenters. The fourth-order valence-electron chi connectivity index (χ4n) is 1.68. The van der Waals surface area contributed by atoms with E-state index in [0.717, 1.165) is 25.7 Å². The van der Waals surface area contributed by atoms with Crippen LogP contribution in [-0.2, 0) is 10.0 Å². The van der Waals surface area contributed by atoms with E-state index in [2.05, 4.69) is 18.6 Å². The third kappa shape index (κ3) is 4.36. The maximum Gasteiger partial charge on any atom is 0.240 e. The minimum atomic E-state index is -3.60. The van der Waals surface area contributed by atoms with Crippen LogP contribution in [0, 0.1) is 5.82 Å². The monoisotopic (exact) mass is 275 g/mol. The van der Waals surface area contributed by atoms with E-state index in [1.165, 1.54) is 23.1 Å². The van der Waals surface area contributed by atoms with Gasteiger partial charge >= 0.3 is 0 Å². The van der Waals surface area contributed by atoms with Crippen molar-refractivity contribution in [1.82, 2.24) is 4.72 Å². The molecule has 0 aliphatic carbocycles. The number of nitrogens with one attached hydrogen (secondary N) is 2. The average molecular weight is 275 g/mol. The van der Waals surface area contributed by atoms with Gasteiger partial charge in [0.05, 0.1) is 31.1 Å². The summed E-state index contributed by atoms with van der Waals surface area (Å²) in [6, 6.07) is 5.01. The molecular formula is C12H20FN2O2S+. The maximum atomic E-state index is 13.0. The summed E-state index contributed by atoms with van der Waals surface area (Å²) >= 11 is 0. The molecule has 0 fully saturated rings. The van der Waals surface area contributed by atoms with Gasteiger partial charge in [0.2, 0.25) is 10.0 Å². The highest BCUT2D eigenvalue weighted by Gasteiger charge is 2.14. The standard InChI is InChI=1S/C12H19FN2O2S/c1-3-15(4-2)9-8-14-18(16,17)12-7-5-6-11(13)10-12/h5-7,10,14H,3-4,8-9H2,1-2H3/p+1. The molecule has 6 heteroatoms. The van der Waals surface area contributed by atoms with E-state index in [0.29, 0.717) is 6.54 Å². The van der Waals surface area contributed by atoms with Crippen LogP contribution in [-0.4, -0.2) is 34.6 Å². The number of halogens is 1. The lowest BCUT2D eigenvalue weighted by Crippen LogP contribution is -3.12. The summed E-state index contributed by atoms with van der Waals surface area (Å²) in [7, 11) is -3.60. The van der Waals surface area contributed by atoms with Crippen LogP contribution < -0.4 is 9.62 Å². The largest absolute Gasteiger partial charge is 0.334 e. The van der Waals surface area contributed by atoms with Crippen LogP contribution in [0.3, 0.4) is 0 Å². The highest BCUT2D eigenvalue weighted by molar-refractivity contribution is 7.89. The van der Waals surface area contributed by atoms with E-state index in [1.807, 2.05) is 0 Å². The van der Waals surface area contributed by atoms with Crippen LogP contribution in [0.1, 0.15) is 13.8 Å². The Morgan fingerprint density at radius 2 is 1.94 bits per heavy atom. The Hall–Kier alpha value is -0.980. The summed E-state index contributed by atoms with van der Waals surface area (Å²) in [5, 5.41) is 0. The summed E-state index contributed by atoms with van der Waals surface area (Å²) in [4.78, 5) is 1.29. The predicted molar refractivity (Wildman–Crippen MR) is 68.5 cm³/mol. The van der Waals surface area contributed by atoms with E-state index in [1.54, 1.807) is 0 Å². The predicted octanol–water partition coefficient (Wildman–Crippen LogP) is 0.0287. The van der Waals surface area contributed by atoms with E-state index >= 15 is 0 Å².